The van der Waals surface area contributed by atoms with Crippen LogP contribution in [-0.2, 0) is 20.9 Å². The van der Waals surface area contributed by atoms with E-state index in [1.807, 2.05) is 6.07 Å². The zero-order valence-electron chi connectivity index (χ0n) is 12.0. The lowest BCUT2D eigenvalue weighted by Crippen LogP contribution is -2.50. The van der Waals surface area contributed by atoms with Crippen molar-refractivity contribution in [2.24, 2.45) is 0 Å². The Bertz CT molecular complexity index is 517. The normalized spacial score (nSPS) is 12.8. The number of amides is 2. The van der Waals surface area contributed by atoms with Crippen molar-refractivity contribution < 1.29 is 29.3 Å². The van der Waals surface area contributed by atoms with Crippen LogP contribution in [0.4, 0.5) is 4.79 Å². The van der Waals surface area contributed by atoms with Gasteiger partial charge in [0.15, 0.2) is 6.04 Å². The largest absolute Gasteiger partial charge is 0.480 e. The second kappa shape index (κ2) is 8.63. The van der Waals surface area contributed by atoms with Gasteiger partial charge in [0.05, 0.1) is 6.10 Å². The zero-order chi connectivity index (χ0) is 16.5. The Morgan fingerprint density at radius 3 is 2.41 bits per heavy atom. The number of aliphatic carboxylic acids is 1. The van der Waals surface area contributed by atoms with Crippen LogP contribution in [-0.4, -0.2) is 46.9 Å². The topological polar surface area (TPSA) is 125 Å². The van der Waals surface area contributed by atoms with E-state index in [1.54, 1.807) is 24.3 Å². The van der Waals surface area contributed by atoms with Crippen molar-refractivity contribution in [2.75, 3.05) is 6.54 Å². The Morgan fingerprint density at radius 2 is 1.86 bits per heavy atom. The lowest BCUT2D eigenvalue weighted by Gasteiger charge is -2.17. The SMILES string of the molecule is CC(O)[C@H](NC(=O)CNC(=O)OCc1ccccc1)C(=O)O. The predicted molar refractivity (Wildman–Crippen MR) is 75.9 cm³/mol. The van der Waals surface area contributed by atoms with Gasteiger partial charge in [0.1, 0.15) is 13.2 Å². The molecule has 0 saturated heterocycles. The lowest BCUT2D eigenvalue weighted by atomic mass is 10.2. The van der Waals surface area contributed by atoms with Gasteiger partial charge >= 0.3 is 12.1 Å². The smallest absolute Gasteiger partial charge is 0.407 e. The summed E-state index contributed by atoms with van der Waals surface area (Å²) < 4.78 is 4.88. The highest BCUT2D eigenvalue weighted by atomic mass is 16.5. The molecule has 2 amide bonds. The number of alkyl carbamates (subject to hydrolysis) is 1. The van der Waals surface area contributed by atoms with Crippen molar-refractivity contribution in [1.29, 1.82) is 0 Å². The van der Waals surface area contributed by atoms with Crippen LogP contribution in [0.5, 0.6) is 0 Å². The molecule has 0 heterocycles. The number of benzene rings is 1. The third-order valence-corrected chi connectivity index (χ3v) is 2.67. The van der Waals surface area contributed by atoms with E-state index in [2.05, 4.69) is 10.6 Å². The van der Waals surface area contributed by atoms with Crippen LogP contribution in [0.3, 0.4) is 0 Å². The minimum Gasteiger partial charge on any atom is -0.480 e. The molecule has 0 saturated carbocycles. The van der Waals surface area contributed by atoms with E-state index >= 15 is 0 Å². The molecule has 0 radical (unpaired) electrons. The van der Waals surface area contributed by atoms with Crippen LogP contribution in [0.1, 0.15) is 12.5 Å². The summed E-state index contributed by atoms with van der Waals surface area (Å²) in [6.07, 6.45) is -2.06. The molecule has 120 valence electrons. The molecule has 0 aliphatic rings. The molecule has 0 fully saturated rings. The predicted octanol–water partition coefficient (Wildman–Crippen LogP) is -0.137. The molecule has 1 rings (SSSR count). The Kier molecular flexibility index (Phi) is 6.84. The maximum atomic E-state index is 11.5. The van der Waals surface area contributed by atoms with E-state index in [-0.39, 0.29) is 6.61 Å². The molecule has 0 aliphatic heterocycles. The quantitative estimate of drug-likeness (QED) is 0.555. The molecule has 8 nitrogen and oxygen atoms in total. The summed E-state index contributed by atoms with van der Waals surface area (Å²) in [5.41, 5.74) is 0.794. The van der Waals surface area contributed by atoms with Gasteiger partial charge < -0.3 is 25.6 Å². The highest BCUT2D eigenvalue weighted by Gasteiger charge is 2.24. The molecule has 4 N–H and O–H groups in total. The van der Waals surface area contributed by atoms with Crippen molar-refractivity contribution >= 4 is 18.0 Å². The number of carbonyl (C=O) groups excluding carboxylic acids is 2. The van der Waals surface area contributed by atoms with Crippen molar-refractivity contribution in [1.82, 2.24) is 10.6 Å². The fourth-order valence-corrected chi connectivity index (χ4v) is 1.54. The van der Waals surface area contributed by atoms with Crippen molar-refractivity contribution in [2.45, 2.75) is 25.7 Å². The van der Waals surface area contributed by atoms with E-state index in [4.69, 9.17) is 9.84 Å². The van der Waals surface area contributed by atoms with Gasteiger partial charge in [-0.25, -0.2) is 9.59 Å². The third kappa shape index (κ3) is 6.23. The number of ether oxygens (including phenoxy) is 1. The monoisotopic (exact) mass is 310 g/mol. The van der Waals surface area contributed by atoms with E-state index < -0.39 is 36.7 Å². The summed E-state index contributed by atoms with van der Waals surface area (Å²) in [7, 11) is 0. The first kappa shape index (κ1) is 17.4. The minimum atomic E-state index is -1.44. The van der Waals surface area contributed by atoms with Crippen molar-refractivity contribution in [3.63, 3.8) is 0 Å². The van der Waals surface area contributed by atoms with Crippen molar-refractivity contribution in [3.05, 3.63) is 35.9 Å². The Labute approximate surface area is 127 Å². The zero-order valence-corrected chi connectivity index (χ0v) is 12.0. The molecule has 1 aromatic rings. The van der Waals surface area contributed by atoms with Gasteiger partial charge in [-0.05, 0) is 12.5 Å². The van der Waals surface area contributed by atoms with E-state index in [9.17, 15) is 19.5 Å². The van der Waals surface area contributed by atoms with Gasteiger partial charge in [0.2, 0.25) is 5.91 Å². The van der Waals surface area contributed by atoms with Crippen LogP contribution >= 0.6 is 0 Å². The second-order valence-corrected chi connectivity index (χ2v) is 4.54. The summed E-state index contributed by atoms with van der Waals surface area (Å²) >= 11 is 0. The number of aliphatic hydroxyl groups is 1. The maximum absolute atomic E-state index is 11.5. The number of nitrogens with one attached hydrogen (secondary N) is 2. The van der Waals surface area contributed by atoms with E-state index in [0.29, 0.717) is 0 Å². The molecule has 0 aliphatic carbocycles. The highest BCUT2D eigenvalue weighted by molar-refractivity contribution is 5.86. The van der Waals surface area contributed by atoms with Crippen LogP contribution in [0.25, 0.3) is 0 Å². The first-order valence-corrected chi connectivity index (χ1v) is 6.55. The average molecular weight is 310 g/mol. The summed E-state index contributed by atoms with van der Waals surface area (Å²) in [4.78, 5) is 33.7. The van der Waals surface area contributed by atoms with Crippen LogP contribution in [0.15, 0.2) is 30.3 Å². The summed E-state index contributed by atoms with van der Waals surface area (Å²) in [5.74, 6) is -2.11. The molecular formula is C14H18N2O6. The standard InChI is InChI=1S/C14H18N2O6/c1-9(17)12(13(19)20)16-11(18)7-15-14(21)22-8-10-5-3-2-4-6-10/h2-6,9,12,17H,7-8H2,1H3,(H,15,21)(H,16,18)(H,19,20)/t9?,12-/m0/s1. The van der Waals surface area contributed by atoms with Gasteiger partial charge in [-0.15, -0.1) is 0 Å². The Hall–Kier alpha value is -2.61. The van der Waals surface area contributed by atoms with Gasteiger partial charge in [-0.3, -0.25) is 4.79 Å². The summed E-state index contributed by atoms with van der Waals surface area (Å²) in [6.45, 7) is 0.838. The first-order valence-electron chi connectivity index (χ1n) is 6.55. The number of carboxylic acid groups (broad SMARTS) is 1. The number of carboxylic acids is 1. The van der Waals surface area contributed by atoms with Crippen LogP contribution < -0.4 is 10.6 Å². The molecule has 22 heavy (non-hydrogen) atoms. The maximum Gasteiger partial charge on any atom is 0.407 e. The average Bonchev–Trinajstić information content (AvgIpc) is 2.49. The summed E-state index contributed by atoms with van der Waals surface area (Å²) in [6, 6.07) is 7.54. The fraction of sp³-hybridized carbons (Fsp3) is 0.357. The van der Waals surface area contributed by atoms with E-state index in [1.165, 1.54) is 6.92 Å². The molecule has 1 unspecified atom stereocenters. The molecule has 0 bridgehead atoms. The van der Waals surface area contributed by atoms with E-state index in [0.717, 1.165) is 5.56 Å². The lowest BCUT2D eigenvalue weighted by molar-refractivity contribution is -0.144. The Morgan fingerprint density at radius 1 is 1.23 bits per heavy atom. The highest BCUT2D eigenvalue weighted by Crippen LogP contribution is 2.00. The second-order valence-electron chi connectivity index (χ2n) is 4.54. The first-order chi connectivity index (χ1) is 10.4. The number of carbonyl (C=O) groups is 3. The van der Waals surface area contributed by atoms with Crippen LogP contribution in [0, 0.1) is 0 Å². The van der Waals surface area contributed by atoms with Gasteiger partial charge in [0, 0.05) is 0 Å². The number of aliphatic hydroxyl groups excluding tert-OH is 1. The number of hydrogen-bond acceptors (Lipinski definition) is 5. The van der Waals surface area contributed by atoms with Crippen LogP contribution in [0.2, 0.25) is 0 Å². The van der Waals surface area contributed by atoms with Gasteiger partial charge in [0.25, 0.3) is 0 Å². The molecule has 0 spiro atoms. The molecule has 1 aromatic carbocycles. The molecule has 2 atom stereocenters. The fourth-order valence-electron chi connectivity index (χ4n) is 1.54. The minimum absolute atomic E-state index is 0.0553. The molecular weight excluding hydrogens is 292 g/mol. The molecule has 8 heteroatoms. The van der Waals surface area contributed by atoms with Crippen molar-refractivity contribution in [3.8, 4) is 0 Å². The molecule has 0 aromatic heterocycles. The summed E-state index contributed by atoms with van der Waals surface area (Å²) in [5, 5.41) is 22.3. The third-order valence-electron chi connectivity index (χ3n) is 2.67. The van der Waals surface area contributed by atoms with Gasteiger partial charge in [-0.2, -0.15) is 0 Å². The number of hydrogen-bond donors (Lipinski definition) is 4. The Balaban J connectivity index is 2.31. The number of rotatable bonds is 7. The van der Waals surface area contributed by atoms with Gasteiger partial charge in [-0.1, -0.05) is 30.3 Å².